The fourth-order valence-corrected chi connectivity index (χ4v) is 1.98. The second-order valence-electron chi connectivity index (χ2n) is 4.31. The molecule has 13 heavy (non-hydrogen) atoms. The van der Waals surface area contributed by atoms with Gasteiger partial charge in [0.2, 0.25) is 0 Å². The lowest BCUT2D eigenvalue weighted by atomic mass is 9.98. The van der Waals surface area contributed by atoms with Crippen molar-refractivity contribution in [3.8, 4) is 0 Å². The van der Waals surface area contributed by atoms with Gasteiger partial charge in [-0.2, -0.15) is 0 Å². The van der Waals surface area contributed by atoms with E-state index in [9.17, 15) is 0 Å². The fraction of sp³-hybridized carbons (Fsp3) is 1.00. The van der Waals surface area contributed by atoms with Gasteiger partial charge in [-0.1, -0.05) is 27.2 Å². The van der Waals surface area contributed by atoms with Crippen LogP contribution in [0, 0.1) is 5.92 Å². The van der Waals surface area contributed by atoms with E-state index in [-0.39, 0.29) is 5.79 Å². The Bertz CT molecular complexity index is 132. The first-order valence-electron chi connectivity index (χ1n) is 5.46. The molecule has 1 saturated heterocycles. The van der Waals surface area contributed by atoms with Gasteiger partial charge in [-0.25, -0.2) is 0 Å². The molecule has 0 spiro atoms. The summed E-state index contributed by atoms with van der Waals surface area (Å²) in [5.41, 5.74) is 0. The van der Waals surface area contributed by atoms with Crippen molar-refractivity contribution in [3.05, 3.63) is 0 Å². The molecule has 0 aliphatic carbocycles. The molecule has 1 heterocycles. The van der Waals surface area contributed by atoms with Crippen molar-refractivity contribution in [1.82, 2.24) is 0 Å². The van der Waals surface area contributed by atoms with Gasteiger partial charge in [0.25, 0.3) is 0 Å². The van der Waals surface area contributed by atoms with Gasteiger partial charge in [0.15, 0.2) is 5.79 Å². The molecule has 78 valence electrons. The van der Waals surface area contributed by atoms with Crippen LogP contribution < -0.4 is 0 Å². The lowest BCUT2D eigenvalue weighted by molar-refractivity contribution is -0.277. The fourth-order valence-electron chi connectivity index (χ4n) is 1.98. The summed E-state index contributed by atoms with van der Waals surface area (Å²) in [5, 5.41) is 0. The maximum atomic E-state index is 5.79. The van der Waals surface area contributed by atoms with Crippen LogP contribution in [0.5, 0.6) is 0 Å². The maximum Gasteiger partial charge on any atom is 0.168 e. The zero-order valence-electron chi connectivity index (χ0n) is 9.14. The molecule has 0 radical (unpaired) electrons. The Labute approximate surface area is 81.6 Å². The summed E-state index contributed by atoms with van der Waals surface area (Å²) in [6.07, 6.45) is 4.24. The second-order valence-corrected chi connectivity index (χ2v) is 4.31. The first-order valence-corrected chi connectivity index (χ1v) is 5.46. The lowest BCUT2D eigenvalue weighted by Crippen LogP contribution is -2.41. The van der Waals surface area contributed by atoms with Crippen LogP contribution in [0.2, 0.25) is 0 Å². The predicted molar refractivity (Wildman–Crippen MR) is 53.6 cm³/mol. The second kappa shape index (κ2) is 4.97. The summed E-state index contributed by atoms with van der Waals surface area (Å²) in [6, 6.07) is 0. The first-order chi connectivity index (χ1) is 6.18. The molecule has 2 heteroatoms. The zero-order valence-corrected chi connectivity index (χ0v) is 9.14. The highest BCUT2D eigenvalue weighted by atomic mass is 16.7. The highest BCUT2D eigenvalue weighted by Crippen LogP contribution is 2.30. The van der Waals surface area contributed by atoms with Crippen molar-refractivity contribution in [2.45, 2.75) is 52.2 Å². The Hall–Kier alpha value is -0.0800. The zero-order chi connectivity index (χ0) is 9.73. The Kier molecular flexibility index (Phi) is 4.20. The summed E-state index contributed by atoms with van der Waals surface area (Å²) >= 11 is 0. The van der Waals surface area contributed by atoms with Gasteiger partial charge < -0.3 is 9.47 Å². The Balaban J connectivity index is 2.50. The van der Waals surface area contributed by atoms with E-state index in [0.717, 1.165) is 38.9 Å². The van der Waals surface area contributed by atoms with Crippen LogP contribution in [-0.4, -0.2) is 19.0 Å². The molecular weight excluding hydrogens is 164 g/mol. The number of hydrogen-bond acceptors (Lipinski definition) is 2. The molecule has 2 nitrogen and oxygen atoms in total. The molecule has 0 aromatic heterocycles. The number of rotatable bonds is 4. The molecule has 0 aromatic rings. The molecule has 0 unspecified atom stereocenters. The molecule has 0 N–H and O–H groups in total. The highest BCUT2D eigenvalue weighted by molar-refractivity contribution is 4.74. The van der Waals surface area contributed by atoms with Crippen LogP contribution >= 0.6 is 0 Å². The quantitative estimate of drug-likeness (QED) is 0.672. The van der Waals surface area contributed by atoms with Crippen molar-refractivity contribution in [1.29, 1.82) is 0 Å². The van der Waals surface area contributed by atoms with Crippen molar-refractivity contribution in [3.63, 3.8) is 0 Å². The summed E-state index contributed by atoms with van der Waals surface area (Å²) in [6.45, 7) is 8.36. The van der Waals surface area contributed by atoms with Crippen LogP contribution in [0.3, 0.4) is 0 Å². The third kappa shape index (κ3) is 3.28. The van der Waals surface area contributed by atoms with E-state index in [1.807, 2.05) is 0 Å². The molecule has 1 fully saturated rings. The molecule has 1 aliphatic rings. The van der Waals surface area contributed by atoms with Crippen LogP contribution in [0.4, 0.5) is 0 Å². The average molecular weight is 186 g/mol. The minimum absolute atomic E-state index is 0.249. The standard InChI is InChI=1S/C11H22O2/c1-4-6-11(9-10(2)3)12-7-5-8-13-11/h10H,4-9H2,1-3H3. The largest absolute Gasteiger partial charge is 0.350 e. The van der Waals surface area contributed by atoms with E-state index in [4.69, 9.17) is 9.47 Å². The molecule has 0 amide bonds. The predicted octanol–water partition coefficient (Wildman–Crippen LogP) is 2.97. The van der Waals surface area contributed by atoms with E-state index >= 15 is 0 Å². The minimum atomic E-state index is -0.249. The summed E-state index contributed by atoms with van der Waals surface area (Å²) < 4.78 is 11.6. The minimum Gasteiger partial charge on any atom is -0.350 e. The molecule has 1 aliphatic heterocycles. The lowest BCUT2D eigenvalue weighted by Gasteiger charge is -2.38. The van der Waals surface area contributed by atoms with E-state index in [1.54, 1.807) is 0 Å². The normalized spacial score (nSPS) is 22.2. The Morgan fingerprint density at radius 2 is 1.85 bits per heavy atom. The van der Waals surface area contributed by atoms with Gasteiger partial charge in [0.1, 0.15) is 0 Å². The molecule has 0 atom stereocenters. The van der Waals surface area contributed by atoms with E-state index in [0.29, 0.717) is 5.92 Å². The third-order valence-corrected chi connectivity index (χ3v) is 2.37. The summed E-state index contributed by atoms with van der Waals surface area (Å²) in [7, 11) is 0. The van der Waals surface area contributed by atoms with E-state index < -0.39 is 0 Å². The highest BCUT2D eigenvalue weighted by Gasteiger charge is 2.34. The number of ether oxygens (including phenoxy) is 2. The van der Waals surface area contributed by atoms with Gasteiger partial charge in [-0.3, -0.25) is 0 Å². The molecule has 0 saturated carbocycles. The van der Waals surface area contributed by atoms with Crippen molar-refractivity contribution in [2.75, 3.05) is 13.2 Å². The Morgan fingerprint density at radius 3 is 2.31 bits per heavy atom. The van der Waals surface area contributed by atoms with Crippen molar-refractivity contribution in [2.24, 2.45) is 5.92 Å². The number of hydrogen-bond donors (Lipinski definition) is 0. The van der Waals surface area contributed by atoms with Crippen molar-refractivity contribution >= 4 is 0 Å². The van der Waals surface area contributed by atoms with Crippen LogP contribution in [-0.2, 0) is 9.47 Å². The molecule has 1 rings (SSSR count). The van der Waals surface area contributed by atoms with Gasteiger partial charge in [0, 0.05) is 12.8 Å². The smallest absolute Gasteiger partial charge is 0.168 e. The molecule has 0 aromatic carbocycles. The molecule has 0 bridgehead atoms. The van der Waals surface area contributed by atoms with Crippen LogP contribution in [0.15, 0.2) is 0 Å². The maximum absolute atomic E-state index is 5.79. The van der Waals surface area contributed by atoms with Crippen LogP contribution in [0.1, 0.15) is 46.5 Å². The van der Waals surface area contributed by atoms with Gasteiger partial charge >= 0.3 is 0 Å². The van der Waals surface area contributed by atoms with Gasteiger partial charge in [0.05, 0.1) is 13.2 Å². The van der Waals surface area contributed by atoms with Crippen molar-refractivity contribution < 1.29 is 9.47 Å². The van der Waals surface area contributed by atoms with Crippen LogP contribution in [0.25, 0.3) is 0 Å². The topological polar surface area (TPSA) is 18.5 Å². The van der Waals surface area contributed by atoms with E-state index in [1.165, 1.54) is 0 Å². The monoisotopic (exact) mass is 186 g/mol. The molecular formula is C11H22O2. The van der Waals surface area contributed by atoms with E-state index in [2.05, 4.69) is 20.8 Å². The summed E-state index contributed by atoms with van der Waals surface area (Å²) in [5.74, 6) is 0.394. The van der Waals surface area contributed by atoms with Gasteiger partial charge in [-0.05, 0) is 12.3 Å². The van der Waals surface area contributed by atoms with Gasteiger partial charge in [-0.15, -0.1) is 0 Å². The average Bonchev–Trinajstić information content (AvgIpc) is 2.04. The first kappa shape index (κ1) is 11.0. The Morgan fingerprint density at radius 1 is 1.23 bits per heavy atom. The third-order valence-electron chi connectivity index (χ3n) is 2.37. The SMILES string of the molecule is CCCC1(CC(C)C)OCCCO1. The summed E-state index contributed by atoms with van der Waals surface area (Å²) in [4.78, 5) is 0.